The number of halogens is 1. The molecule has 3 rings (SSSR count). The second kappa shape index (κ2) is 6.44. The summed E-state index contributed by atoms with van der Waals surface area (Å²) in [6, 6.07) is 4.99. The summed E-state index contributed by atoms with van der Waals surface area (Å²) in [6.45, 7) is 6.94. The van der Waals surface area contributed by atoms with Crippen molar-refractivity contribution < 1.29 is 12.8 Å². The van der Waals surface area contributed by atoms with Crippen molar-refractivity contribution in [3.63, 3.8) is 0 Å². The predicted octanol–water partition coefficient (Wildman–Crippen LogP) is 3.76. The van der Waals surface area contributed by atoms with Crippen LogP contribution in [0, 0.1) is 27.7 Å². The largest absolute Gasteiger partial charge is 0.420 e. The van der Waals surface area contributed by atoms with Gasteiger partial charge in [0.2, 0.25) is 5.89 Å². The topological polar surface area (TPSA) is 90.0 Å². The molecule has 7 nitrogen and oxygen atoms in total. The number of sulfonamides is 1. The molecule has 1 N–H and O–H groups in total. The zero-order valence-corrected chi connectivity index (χ0v) is 16.7. The van der Waals surface area contributed by atoms with Gasteiger partial charge < -0.3 is 8.98 Å². The van der Waals surface area contributed by atoms with Gasteiger partial charge in [-0.15, -0.1) is 10.2 Å². The average Bonchev–Trinajstić information content (AvgIpc) is 3.04. The Morgan fingerprint density at radius 1 is 1.15 bits per heavy atom. The standard InChI is InChI=1S/C17H19ClN4O3S/c1-9-8-13(18)6-7-14(9)21-26(23,24)16-10(2)15(22(5)11(16)3)17-20-19-12(4)25-17/h6-8,21H,1-5H3. The smallest absolute Gasteiger partial charge is 0.264 e. The first-order valence-electron chi connectivity index (χ1n) is 7.87. The maximum atomic E-state index is 13.1. The van der Waals surface area contributed by atoms with Crippen molar-refractivity contribution in [1.29, 1.82) is 0 Å². The van der Waals surface area contributed by atoms with Gasteiger partial charge in [-0.25, -0.2) is 8.42 Å². The lowest BCUT2D eigenvalue weighted by atomic mass is 10.2. The normalized spacial score (nSPS) is 11.8. The predicted molar refractivity (Wildman–Crippen MR) is 99.9 cm³/mol. The van der Waals surface area contributed by atoms with E-state index in [2.05, 4.69) is 14.9 Å². The van der Waals surface area contributed by atoms with Crippen LogP contribution in [0.3, 0.4) is 0 Å². The van der Waals surface area contributed by atoms with Crippen LogP contribution >= 0.6 is 11.6 Å². The first-order chi connectivity index (χ1) is 12.1. The first kappa shape index (κ1) is 18.5. The average molecular weight is 395 g/mol. The minimum atomic E-state index is -3.82. The molecular formula is C17H19ClN4O3S. The molecule has 9 heteroatoms. The molecule has 2 aromatic heterocycles. The van der Waals surface area contributed by atoms with E-state index in [1.165, 1.54) is 0 Å². The van der Waals surface area contributed by atoms with E-state index in [4.69, 9.17) is 16.0 Å². The van der Waals surface area contributed by atoms with Gasteiger partial charge in [0.15, 0.2) is 0 Å². The monoisotopic (exact) mass is 394 g/mol. The second-order valence-electron chi connectivity index (χ2n) is 6.14. The van der Waals surface area contributed by atoms with Crippen LogP contribution in [0.2, 0.25) is 5.02 Å². The van der Waals surface area contributed by atoms with Crippen LogP contribution in [0.15, 0.2) is 27.5 Å². The minimum absolute atomic E-state index is 0.195. The third-order valence-electron chi connectivity index (χ3n) is 4.29. The van der Waals surface area contributed by atoms with Crippen LogP contribution < -0.4 is 4.72 Å². The number of aromatic nitrogens is 3. The summed E-state index contributed by atoms with van der Waals surface area (Å²) in [6.07, 6.45) is 0. The molecule has 0 aliphatic heterocycles. The Hall–Kier alpha value is -2.32. The first-order valence-corrected chi connectivity index (χ1v) is 9.73. The van der Waals surface area contributed by atoms with Gasteiger partial charge in [-0.05, 0) is 44.5 Å². The van der Waals surface area contributed by atoms with Crippen LogP contribution in [-0.2, 0) is 17.1 Å². The fraction of sp³-hybridized carbons (Fsp3) is 0.294. The number of rotatable bonds is 4. The van der Waals surface area contributed by atoms with E-state index in [1.807, 2.05) is 0 Å². The summed E-state index contributed by atoms with van der Waals surface area (Å²) in [5.74, 6) is 0.701. The van der Waals surface area contributed by atoms with Crippen LogP contribution in [0.5, 0.6) is 0 Å². The summed E-state index contributed by atoms with van der Waals surface area (Å²) in [4.78, 5) is 0.195. The van der Waals surface area contributed by atoms with Crippen molar-refractivity contribution in [3.05, 3.63) is 45.9 Å². The van der Waals surface area contributed by atoms with Gasteiger partial charge in [0.1, 0.15) is 10.6 Å². The molecule has 0 bridgehead atoms. The van der Waals surface area contributed by atoms with Crippen molar-refractivity contribution in [2.24, 2.45) is 7.05 Å². The van der Waals surface area contributed by atoms with E-state index in [0.29, 0.717) is 33.6 Å². The SMILES string of the molecule is Cc1nnc(-c2c(C)c(S(=O)(=O)Nc3ccc(Cl)cc3C)c(C)n2C)o1. The van der Waals surface area contributed by atoms with Crippen LogP contribution in [-0.4, -0.2) is 23.2 Å². The summed E-state index contributed by atoms with van der Waals surface area (Å²) >= 11 is 5.95. The molecule has 0 spiro atoms. The van der Waals surface area contributed by atoms with Crippen molar-refractivity contribution in [1.82, 2.24) is 14.8 Å². The molecule has 0 saturated carbocycles. The molecule has 1 aromatic carbocycles. The Bertz CT molecular complexity index is 1100. The van der Waals surface area contributed by atoms with Crippen LogP contribution in [0.4, 0.5) is 5.69 Å². The van der Waals surface area contributed by atoms with Gasteiger partial charge in [0.05, 0.1) is 5.69 Å². The number of hydrogen-bond donors (Lipinski definition) is 1. The molecule has 0 unspecified atom stereocenters. The molecule has 0 amide bonds. The number of nitrogens with zero attached hydrogens (tertiary/aromatic N) is 3. The highest BCUT2D eigenvalue weighted by Crippen LogP contribution is 2.34. The van der Waals surface area contributed by atoms with Crippen LogP contribution in [0.1, 0.15) is 22.7 Å². The van der Waals surface area contributed by atoms with E-state index in [9.17, 15) is 8.42 Å². The molecule has 0 aliphatic carbocycles. The molecule has 0 fully saturated rings. The third-order valence-corrected chi connectivity index (χ3v) is 6.16. The van der Waals surface area contributed by atoms with Crippen molar-refractivity contribution >= 4 is 27.3 Å². The molecule has 0 atom stereocenters. The van der Waals surface area contributed by atoms with Gasteiger partial charge in [0.25, 0.3) is 15.9 Å². The van der Waals surface area contributed by atoms with Gasteiger partial charge in [-0.3, -0.25) is 4.72 Å². The maximum Gasteiger partial charge on any atom is 0.264 e. The minimum Gasteiger partial charge on any atom is -0.420 e. The highest BCUT2D eigenvalue weighted by molar-refractivity contribution is 7.92. The molecule has 0 saturated heterocycles. The molecule has 138 valence electrons. The Labute approximate surface area is 157 Å². The highest BCUT2D eigenvalue weighted by atomic mass is 35.5. The second-order valence-corrected chi connectivity index (χ2v) is 8.19. The Morgan fingerprint density at radius 3 is 2.42 bits per heavy atom. The van der Waals surface area contributed by atoms with E-state index < -0.39 is 10.0 Å². The molecule has 26 heavy (non-hydrogen) atoms. The van der Waals surface area contributed by atoms with Crippen molar-refractivity contribution in [3.8, 4) is 11.6 Å². The molecular weight excluding hydrogens is 376 g/mol. The van der Waals surface area contributed by atoms with E-state index >= 15 is 0 Å². The fourth-order valence-corrected chi connectivity index (χ4v) is 4.85. The maximum absolute atomic E-state index is 13.1. The van der Waals surface area contributed by atoms with Gasteiger partial charge >= 0.3 is 0 Å². The lowest BCUT2D eigenvalue weighted by Gasteiger charge is -2.11. The van der Waals surface area contributed by atoms with E-state index in [1.54, 1.807) is 57.5 Å². The van der Waals surface area contributed by atoms with Crippen molar-refractivity contribution in [2.45, 2.75) is 32.6 Å². The summed E-state index contributed by atoms with van der Waals surface area (Å²) < 4.78 is 36.0. The number of hydrogen-bond acceptors (Lipinski definition) is 5. The Balaban J connectivity index is 2.11. The highest BCUT2D eigenvalue weighted by Gasteiger charge is 2.29. The molecule has 0 radical (unpaired) electrons. The molecule has 2 heterocycles. The zero-order valence-electron chi connectivity index (χ0n) is 15.1. The number of benzene rings is 1. The molecule has 0 aliphatic rings. The lowest BCUT2D eigenvalue weighted by Crippen LogP contribution is -2.15. The van der Waals surface area contributed by atoms with Crippen molar-refractivity contribution in [2.75, 3.05) is 4.72 Å². The van der Waals surface area contributed by atoms with Gasteiger partial charge in [-0.2, -0.15) is 0 Å². The third kappa shape index (κ3) is 3.10. The lowest BCUT2D eigenvalue weighted by molar-refractivity contribution is 0.528. The van der Waals surface area contributed by atoms with Gasteiger partial charge in [0, 0.05) is 30.3 Å². The zero-order chi connectivity index (χ0) is 19.2. The number of anilines is 1. The van der Waals surface area contributed by atoms with E-state index in [0.717, 1.165) is 5.56 Å². The van der Waals surface area contributed by atoms with E-state index in [-0.39, 0.29) is 10.8 Å². The fourth-order valence-electron chi connectivity index (χ4n) is 2.98. The number of aryl methyl sites for hydroxylation is 2. The number of nitrogens with one attached hydrogen (secondary N) is 1. The van der Waals surface area contributed by atoms with Crippen LogP contribution in [0.25, 0.3) is 11.6 Å². The Kier molecular flexibility index (Phi) is 4.58. The summed E-state index contributed by atoms with van der Waals surface area (Å²) in [5.41, 5.74) is 2.92. The Morgan fingerprint density at radius 2 is 1.85 bits per heavy atom. The quantitative estimate of drug-likeness (QED) is 0.727. The molecule has 3 aromatic rings. The summed E-state index contributed by atoms with van der Waals surface area (Å²) in [5, 5.41) is 8.39. The summed E-state index contributed by atoms with van der Waals surface area (Å²) in [7, 11) is -2.05. The van der Waals surface area contributed by atoms with Gasteiger partial charge in [-0.1, -0.05) is 11.6 Å².